The zero-order chi connectivity index (χ0) is 58.1. The topological polar surface area (TPSA) is 208 Å². The van der Waals surface area contributed by atoms with E-state index in [-0.39, 0.29) is 62.9 Å². The number of hydrazine groups is 1. The normalized spacial score (nSPS) is 20.0. The Morgan fingerprint density at radius 2 is 1.63 bits per heavy atom. The molecule has 0 bridgehead atoms. The van der Waals surface area contributed by atoms with Gasteiger partial charge in [0.1, 0.15) is 35.4 Å². The van der Waals surface area contributed by atoms with Gasteiger partial charge in [-0.2, -0.15) is 4.41 Å². The van der Waals surface area contributed by atoms with Crippen LogP contribution in [0.2, 0.25) is 0 Å². The Balaban J connectivity index is 0.686. The first-order valence-electron chi connectivity index (χ1n) is 27.7. The number of likely N-dealkylation sites (tertiary alicyclic amines) is 2. The largest absolute Gasteiger partial charge is 0.391 e. The number of nitrogens with zero attached hydrogens (tertiary/aromatic N) is 8. The molecule has 4 aliphatic rings. The van der Waals surface area contributed by atoms with E-state index >= 15 is 8.78 Å². The zero-order valence-corrected chi connectivity index (χ0v) is 48.1. The predicted octanol–water partition coefficient (Wildman–Crippen LogP) is 6.29. The van der Waals surface area contributed by atoms with Gasteiger partial charge in [0.2, 0.25) is 34.4 Å². The minimum absolute atomic E-state index is 0.00523. The first-order valence-corrected chi connectivity index (χ1v) is 29.8. The highest BCUT2D eigenvalue weighted by Gasteiger charge is 2.45. The highest BCUT2D eigenvalue weighted by molar-refractivity contribution is 7.73. The number of anilines is 2. The van der Waals surface area contributed by atoms with Crippen LogP contribution in [-0.4, -0.2) is 168 Å². The minimum Gasteiger partial charge on any atom is -0.391 e. The van der Waals surface area contributed by atoms with Gasteiger partial charge in [0.15, 0.2) is 5.82 Å². The molecule has 4 fully saturated rings. The van der Waals surface area contributed by atoms with Crippen LogP contribution in [0.5, 0.6) is 0 Å². The summed E-state index contributed by atoms with van der Waals surface area (Å²) >= 11 is 1.55. The monoisotopic (exact) mass is 1160 g/mol. The van der Waals surface area contributed by atoms with Crippen LogP contribution in [0.15, 0.2) is 78.6 Å². The van der Waals surface area contributed by atoms with Crippen molar-refractivity contribution in [1.29, 1.82) is 0 Å². The fraction of sp³-hybridized carbons (Fsp3) is 0.441. The lowest BCUT2D eigenvalue weighted by atomic mass is 9.85. The number of fused-ring (bicyclic) bond motifs is 1. The van der Waals surface area contributed by atoms with Crippen molar-refractivity contribution < 1.29 is 45.9 Å². The second-order valence-corrected chi connectivity index (χ2v) is 24.7. The van der Waals surface area contributed by atoms with E-state index in [1.165, 1.54) is 11.1 Å². The summed E-state index contributed by atoms with van der Waals surface area (Å²) in [4.78, 5) is 76.7. The van der Waals surface area contributed by atoms with Crippen molar-refractivity contribution >= 4 is 68.1 Å². The third-order valence-electron chi connectivity index (χ3n) is 16.3. The van der Waals surface area contributed by atoms with Gasteiger partial charge in [0, 0.05) is 93.4 Å². The number of benzene rings is 3. The molecule has 6 aromatic rings. The third-order valence-corrected chi connectivity index (χ3v) is 18.1. The van der Waals surface area contributed by atoms with Gasteiger partial charge < -0.3 is 30.5 Å². The number of halogens is 3. The van der Waals surface area contributed by atoms with E-state index < -0.39 is 75.2 Å². The smallest absolute Gasteiger partial charge is 0.246 e. The number of pyridine rings is 1. The molecule has 3 aromatic carbocycles. The van der Waals surface area contributed by atoms with Crippen LogP contribution in [0.25, 0.3) is 32.6 Å². The van der Waals surface area contributed by atoms with Gasteiger partial charge >= 0.3 is 0 Å². The zero-order valence-electron chi connectivity index (χ0n) is 46.4. The second kappa shape index (κ2) is 24.6. The average molecular weight is 1170 g/mol. The van der Waals surface area contributed by atoms with Gasteiger partial charge in [-0.15, -0.1) is 11.3 Å². The number of thiazole rings is 1. The maximum Gasteiger partial charge on any atom is 0.246 e. The summed E-state index contributed by atoms with van der Waals surface area (Å²) in [6, 6.07) is 15.5. The first kappa shape index (κ1) is 58.4. The van der Waals surface area contributed by atoms with Crippen LogP contribution < -0.4 is 19.9 Å². The molecule has 23 heteroatoms. The molecule has 1 radical (unpaired) electrons. The maximum absolute atomic E-state index is 16.1. The van der Waals surface area contributed by atoms with Crippen molar-refractivity contribution in [1.82, 2.24) is 45.3 Å². The number of aryl methyl sites for hydroxylation is 1. The summed E-state index contributed by atoms with van der Waals surface area (Å²) in [5.41, 5.74) is 5.89. The average Bonchev–Trinajstić information content (AvgIpc) is 3.92. The molecule has 0 aliphatic carbocycles. The van der Waals surface area contributed by atoms with E-state index in [0.29, 0.717) is 26.9 Å². The molecule has 7 heterocycles. The Morgan fingerprint density at radius 3 is 2.29 bits per heavy atom. The molecule has 435 valence electrons. The van der Waals surface area contributed by atoms with Crippen LogP contribution in [0.3, 0.4) is 0 Å². The number of aliphatic hydroxyl groups excluding tert-OH is 1. The summed E-state index contributed by atoms with van der Waals surface area (Å²) in [5.74, 6) is -4.16. The number of ketones is 1. The number of carbonyl (C=O) groups is 4. The SMILES string of the molecule is [CH2]c1cc(-c2scnc2C)ccc1CNC(=O)[C@@H]1C[C@@H](O)CN1C(=O)[C@@H](NC(=O)CN1CCC(CN2CCN(c3ccc(-c4cnc5[nH]cc(C(=O)c6c(F)ccc(N(N7CC[C@@H](F)C7)[SH](=O)=O)c6F)c5c4)cc3)CC2)CC1)C(C)(C)C. The number of β-amino-alcohol motifs (C(OH)–C–C–N with tert-alkyl or cyclic N) is 1. The number of carbonyl (C=O) groups excluding carboxylic acids is 4. The minimum atomic E-state index is -3.50. The fourth-order valence-electron chi connectivity index (χ4n) is 11.7. The van der Waals surface area contributed by atoms with E-state index in [2.05, 4.69) is 47.2 Å². The van der Waals surface area contributed by atoms with Crippen LogP contribution in [0, 0.1) is 36.8 Å². The lowest BCUT2D eigenvalue weighted by Gasteiger charge is -2.40. The number of H-pyrrole nitrogens is 1. The van der Waals surface area contributed by atoms with Crippen molar-refractivity contribution in [3.05, 3.63) is 125 Å². The number of aliphatic hydroxyl groups is 1. The molecule has 0 spiro atoms. The molecule has 18 nitrogen and oxygen atoms in total. The van der Waals surface area contributed by atoms with Crippen molar-refractivity contribution in [2.24, 2.45) is 11.3 Å². The number of amides is 3. The van der Waals surface area contributed by atoms with Gasteiger partial charge in [-0.3, -0.25) is 29.0 Å². The molecule has 0 saturated carbocycles. The summed E-state index contributed by atoms with van der Waals surface area (Å²) in [6.07, 6.45) is 2.73. The molecule has 4 N–H and O–H groups in total. The first-order chi connectivity index (χ1) is 39.2. The van der Waals surface area contributed by atoms with Gasteiger partial charge in [-0.25, -0.2) is 36.6 Å². The van der Waals surface area contributed by atoms with E-state index in [9.17, 15) is 37.1 Å². The highest BCUT2D eigenvalue weighted by Crippen LogP contribution is 2.35. The molecule has 10 rings (SSSR count). The highest BCUT2D eigenvalue weighted by atomic mass is 32.2. The van der Waals surface area contributed by atoms with E-state index in [4.69, 9.17) is 0 Å². The van der Waals surface area contributed by atoms with E-state index in [1.54, 1.807) is 29.1 Å². The Kier molecular flexibility index (Phi) is 17.5. The number of hydrogen-bond acceptors (Lipinski definition) is 14. The van der Waals surface area contributed by atoms with Crippen molar-refractivity contribution in [3.63, 3.8) is 0 Å². The summed E-state index contributed by atoms with van der Waals surface area (Å²) in [6.45, 7) is 17.6. The van der Waals surface area contributed by atoms with Crippen molar-refractivity contribution in [2.45, 2.75) is 84.3 Å². The van der Waals surface area contributed by atoms with Gasteiger partial charge in [-0.05, 0) is 116 Å². The number of thiol groups is 1. The van der Waals surface area contributed by atoms with Gasteiger partial charge in [0.05, 0.1) is 40.8 Å². The predicted molar refractivity (Wildman–Crippen MR) is 309 cm³/mol. The lowest BCUT2D eigenvalue weighted by Crippen LogP contribution is -2.59. The Labute approximate surface area is 480 Å². The fourth-order valence-corrected chi connectivity index (χ4v) is 13.2. The third kappa shape index (κ3) is 12.7. The van der Waals surface area contributed by atoms with Gasteiger partial charge in [0.25, 0.3) is 0 Å². The van der Waals surface area contributed by atoms with Crippen molar-refractivity contribution in [3.8, 4) is 21.6 Å². The Morgan fingerprint density at radius 1 is 0.902 bits per heavy atom. The lowest BCUT2D eigenvalue weighted by molar-refractivity contribution is -0.144. The number of aromatic amines is 1. The second-order valence-electron chi connectivity index (χ2n) is 23.0. The number of nitrogens with one attached hydrogen (secondary N) is 3. The van der Waals surface area contributed by atoms with Crippen LogP contribution in [-0.2, 0) is 31.8 Å². The number of hydrogen-bond donors (Lipinski definition) is 5. The quantitative estimate of drug-likeness (QED) is 0.0504. The molecule has 82 heavy (non-hydrogen) atoms. The number of alkyl halides is 1. The van der Waals surface area contributed by atoms with Gasteiger partial charge in [-0.1, -0.05) is 45.0 Å². The molecule has 3 amide bonds. The summed E-state index contributed by atoms with van der Waals surface area (Å²) in [7, 11) is -3.50. The molecular weight excluding hydrogens is 1100 g/mol. The molecule has 0 unspecified atom stereocenters. The maximum atomic E-state index is 16.1. The molecule has 4 atom stereocenters. The van der Waals surface area contributed by atoms with Crippen LogP contribution in [0.4, 0.5) is 24.5 Å². The van der Waals surface area contributed by atoms with E-state index in [0.717, 1.165) is 114 Å². The van der Waals surface area contributed by atoms with Crippen LogP contribution in [0.1, 0.15) is 79.2 Å². The number of piperidine rings is 1. The molecule has 4 aliphatic heterocycles. The standard InChI is InChI=1S/C59H69F3N11O7S2/c1-35-24-39(54-36(2)66-34-81-54)6-7-40(35)27-65-57(77)49-26-44(74)32-72(49)58(78)55(59(3,4)5)67-50(75)33-68-17-14-37(15-18-68)30-69-20-22-70(23-21-69)43-10-8-38(9-11-43)41-25-45-46(29-64-56(45)63-28-41)53(76)51-47(61)12-13-48(52(51)62)73(82(79)80)71-19-16-42(60)31-71/h6-13,24-25,28-29,34,37,42,44,49,55,74,82H,1,14-23,26-27,30-33H2,2-5H3,(H,63,64)(H,65,77)(H,67,75)/t42-,44-,49+,55-/m1/s1. The number of piperazine rings is 1. The number of aromatic nitrogens is 3. The number of rotatable bonds is 17. The summed E-state index contributed by atoms with van der Waals surface area (Å²) < 4.78 is 70.5. The van der Waals surface area contributed by atoms with Crippen LogP contribution >= 0.6 is 11.3 Å². The Hall–Kier alpha value is -6.76. The molecular formula is C59H69F3N11O7S2. The van der Waals surface area contributed by atoms with E-state index in [1.807, 2.05) is 70.2 Å². The molecule has 4 saturated heterocycles. The Bertz CT molecular complexity index is 3420. The van der Waals surface area contributed by atoms with Crippen molar-refractivity contribution in [2.75, 3.05) is 81.3 Å². The summed E-state index contributed by atoms with van der Waals surface area (Å²) in [5, 5.41) is 18.1. The molecule has 3 aromatic heterocycles.